The molecule has 3 heteroatoms. The molecule has 0 atom stereocenters. The Hall–Kier alpha value is -2.13. The minimum atomic E-state index is 0.870. The Morgan fingerprint density at radius 3 is 2.64 bits per heavy atom. The van der Waals surface area contributed by atoms with Gasteiger partial charge in [-0.25, -0.2) is 4.98 Å². The van der Waals surface area contributed by atoms with Crippen molar-refractivity contribution in [2.24, 2.45) is 0 Å². The Morgan fingerprint density at radius 1 is 1.00 bits per heavy atom. The molecule has 2 N–H and O–H groups in total. The van der Waals surface area contributed by atoms with Crippen LogP contribution in [0.1, 0.15) is 45.7 Å². The molecular weight excluding hydrogens is 324 g/mol. The third-order valence-corrected chi connectivity index (χ3v) is 6.11. The molecule has 2 nitrogen and oxygen atoms in total. The van der Waals surface area contributed by atoms with Crippen LogP contribution in [0.15, 0.2) is 35.7 Å². The van der Waals surface area contributed by atoms with Crippen LogP contribution in [0.25, 0.3) is 11.3 Å². The predicted molar refractivity (Wildman–Crippen MR) is 107 cm³/mol. The molecule has 3 aromatic rings. The first-order chi connectivity index (χ1) is 12.1. The van der Waals surface area contributed by atoms with E-state index in [0.717, 1.165) is 23.4 Å². The van der Waals surface area contributed by atoms with E-state index in [1.165, 1.54) is 58.5 Å². The minimum absolute atomic E-state index is 0.870. The molecule has 1 aliphatic carbocycles. The van der Waals surface area contributed by atoms with Gasteiger partial charge in [0.15, 0.2) is 0 Å². The summed E-state index contributed by atoms with van der Waals surface area (Å²) in [6, 6.07) is 11.2. The second-order valence-electron chi connectivity index (χ2n) is 7.13. The second-order valence-corrected chi connectivity index (χ2v) is 8.07. The fourth-order valence-corrected chi connectivity index (χ4v) is 4.50. The van der Waals surface area contributed by atoms with E-state index >= 15 is 0 Å². The van der Waals surface area contributed by atoms with Crippen molar-refractivity contribution in [1.82, 2.24) is 4.98 Å². The molecule has 0 aliphatic heterocycles. The molecule has 4 rings (SSSR count). The molecular formula is C22H24N2S. The summed E-state index contributed by atoms with van der Waals surface area (Å²) in [5.74, 6) is 0. The molecule has 2 aromatic carbocycles. The highest BCUT2D eigenvalue weighted by molar-refractivity contribution is 7.10. The smallest absolute Gasteiger partial charge is 0.0976 e. The number of aryl methyl sites for hydroxylation is 4. The summed E-state index contributed by atoms with van der Waals surface area (Å²) in [5.41, 5.74) is 16.0. The Kier molecular flexibility index (Phi) is 4.34. The second kappa shape index (κ2) is 6.64. The van der Waals surface area contributed by atoms with Gasteiger partial charge in [0.2, 0.25) is 0 Å². The summed E-state index contributed by atoms with van der Waals surface area (Å²) in [5, 5.41) is 3.36. The van der Waals surface area contributed by atoms with Crippen molar-refractivity contribution in [2.45, 2.75) is 46.0 Å². The van der Waals surface area contributed by atoms with Crippen molar-refractivity contribution in [3.63, 3.8) is 0 Å². The highest BCUT2D eigenvalue weighted by Gasteiger charge is 2.12. The molecule has 25 heavy (non-hydrogen) atoms. The molecule has 0 amide bonds. The number of hydrogen-bond acceptors (Lipinski definition) is 3. The zero-order valence-electron chi connectivity index (χ0n) is 14.9. The first-order valence-corrected chi connectivity index (χ1v) is 9.90. The molecule has 0 unspecified atom stereocenters. The van der Waals surface area contributed by atoms with Gasteiger partial charge in [0.25, 0.3) is 0 Å². The van der Waals surface area contributed by atoms with Crippen LogP contribution in [0.2, 0.25) is 0 Å². The Morgan fingerprint density at radius 2 is 1.80 bits per heavy atom. The molecule has 1 aromatic heterocycles. The first-order valence-electron chi connectivity index (χ1n) is 9.02. The number of hydrogen-bond donors (Lipinski definition) is 1. The van der Waals surface area contributed by atoms with Crippen LogP contribution in [0, 0.1) is 13.8 Å². The summed E-state index contributed by atoms with van der Waals surface area (Å²) in [7, 11) is 0. The number of benzene rings is 2. The van der Waals surface area contributed by atoms with E-state index in [1.807, 2.05) is 0 Å². The van der Waals surface area contributed by atoms with Gasteiger partial charge in [0, 0.05) is 23.1 Å². The summed E-state index contributed by atoms with van der Waals surface area (Å²) < 4.78 is 0. The van der Waals surface area contributed by atoms with Crippen LogP contribution in [-0.2, 0) is 19.3 Å². The van der Waals surface area contributed by atoms with Crippen LogP contribution >= 0.6 is 11.3 Å². The van der Waals surface area contributed by atoms with E-state index in [0.29, 0.717) is 0 Å². The largest absolute Gasteiger partial charge is 0.399 e. The number of rotatable bonds is 3. The average Bonchev–Trinajstić information content (AvgIpc) is 3.08. The monoisotopic (exact) mass is 348 g/mol. The van der Waals surface area contributed by atoms with E-state index in [4.69, 9.17) is 10.7 Å². The molecule has 0 fully saturated rings. The lowest BCUT2D eigenvalue weighted by Gasteiger charge is -2.16. The molecule has 0 saturated carbocycles. The van der Waals surface area contributed by atoms with Crippen LogP contribution < -0.4 is 5.73 Å². The molecule has 0 radical (unpaired) electrons. The van der Waals surface area contributed by atoms with Crippen LogP contribution in [0.5, 0.6) is 0 Å². The van der Waals surface area contributed by atoms with Crippen LogP contribution in [0.3, 0.4) is 0 Å². The number of nitrogen functional groups attached to an aromatic ring is 1. The van der Waals surface area contributed by atoms with Gasteiger partial charge in [-0.1, -0.05) is 18.2 Å². The van der Waals surface area contributed by atoms with Gasteiger partial charge >= 0.3 is 0 Å². The van der Waals surface area contributed by atoms with Crippen molar-refractivity contribution in [3.05, 3.63) is 68.5 Å². The molecule has 1 aliphatic rings. The van der Waals surface area contributed by atoms with Crippen LogP contribution in [0.4, 0.5) is 5.69 Å². The minimum Gasteiger partial charge on any atom is -0.399 e. The maximum Gasteiger partial charge on any atom is 0.0976 e. The van der Waals surface area contributed by atoms with Gasteiger partial charge in [-0.3, -0.25) is 0 Å². The number of nitrogens with zero attached hydrogens (tertiary/aromatic N) is 1. The van der Waals surface area contributed by atoms with Crippen molar-refractivity contribution in [1.29, 1.82) is 0 Å². The molecule has 0 bridgehead atoms. The van der Waals surface area contributed by atoms with E-state index in [-0.39, 0.29) is 0 Å². The quantitative estimate of drug-likeness (QED) is 0.637. The summed E-state index contributed by atoms with van der Waals surface area (Å²) in [6.45, 7) is 4.20. The van der Waals surface area contributed by atoms with Crippen molar-refractivity contribution in [2.75, 3.05) is 5.73 Å². The lowest BCUT2D eigenvalue weighted by Crippen LogP contribution is -2.02. The van der Waals surface area contributed by atoms with E-state index in [2.05, 4.69) is 49.6 Å². The fourth-order valence-electron chi connectivity index (χ4n) is 3.67. The van der Waals surface area contributed by atoms with Crippen molar-refractivity contribution >= 4 is 17.0 Å². The standard InChI is InChI=1S/C22H24N2S/c1-14-10-20(23)15(2)9-19(14)12-22-24-21(13-25-22)18-8-7-16-5-3-4-6-17(16)11-18/h7-11,13H,3-6,12,23H2,1-2H3. The third-order valence-electron chi connectivity index (χ3n) is 5.26. The Labute approximate surface area is 153 Å². The lowest BCUT2D eigenvalue weighted by molar-refractivity contribution is 0.686. The van der Waals surface area contributed by atoms with E-state index < -0.39 is 0 Å². The van der Waals surface area contributed by atoms with Gasteiger partial charge in [0.05, 0.1) is 10.7 Å². The van der Waals surface area contributed by atoms with Crippen molar-refractivity contribution < 1.29 is 0 Å². The van der Waals surface area contributed by atoms with Gasteiger partial charge < -0.3 is 5.73 Å². The molecule has 0 saturated heterocycles. The van der Waals surface area contributed by atoms with Gasteiger partial charge in [-0.15, -0.1) is 11.3 Å². The fraction of sp³-hybridized carbons (Fsp3) is 0.318. The number of aromatic nitrogens is 1. The average molecular weight is 349 g/mol. The molecule has 128 valence electrons. The van der Waals surface area contributed by atoms with Gasteiger partial charge in [-0.2, -0.15) is 0 Å². The van der Waals surface area contributed by atoms with Crippen molar-refractivity contribution in [3.8, 4) is 11.3 Å². The number of fused-ring (bicyclic) bond motifs is 1. The maximum absolute atomic E-state index is 6.01. The Bertz CT molecular complexity index is 924. The highest BCUT2D eigenvalue weighted by Crippen LogP contribution is 2.29. The zero-order valence-corrected chi connectivity index (χ0v) is 15.7. The normalized spacial score (nSPS) is 13.7. The number of nitrogens with two attached hydrogens (primary N) is 1. The molecule has 1 heterocycles. The van der Waals surface area contributed by atoms with Gasteiger partial charge in [0.1, 0.15) is 0 Å². The van der Waals surface area contributed by atoms with Crippen LogP contribution in [-0.4, -0.2) is 4.98 Å². The third kappa shape index (κ3) is 3.34. The SMILES string of the molecule is Cc1cc(Cc2nc(-c3ccc4c(c3)CCCC4)cs2)c(C)cc1N. The van der Waals surface area contributed by atoms with E-state index in [1.54, 1.807) is 11.3 Å². The first kappa shape index (κ1) is 16.3. The maximum atomic E-state index is 6.01. The Balaban J connectivity index is 1.59. The molecule has 0 spiro atoms. The van der Waals surface area contributed by atoms with E-state index in [9.17, 15) is 0 Å². The summed E-state index contributed by atoms with van der Waals surface area (Å²) >= 11 is 1.75. The summed E-state index contributed by atoms with van der Waals surface area (Å²) in [6.07, 6.45) is 5.96. The number of anilines is 1. The zero-order chi connectivity index (χ0) is 17.4. The lowest BCUT2D eigenvalue weighted by atomic mass is 9.90. The van der Waals surface area contributed by atoms with Gasteiger partial charge in [-0.05, 0) is 79.5 Å². The topological polar surface area (TPSA) is 38.9 Å². The highest BCUT2D eigenvalue weighted by atomic mass is 32.1. The summed E-state index contributed by atoms with van der Waals surface area (Å²) in [4.78, 5) is 4.91. The predicted octanol–water partition coefficient (Wildman–Crippen LogP) is 5.48. The number of thiazole rings is 1.